The summed E-state index contributed by atoms with van der Waals surface area (Å²) in [5.74, 6) is -1.21. The highest BCUT2D eigenvalue weighted by Crippen LogP contribution is 2.62. The molecule has 1 heterocycles. The Labute approximate surface area is 357 Å². The van der Waals surface area contributed by atoms with Crippen LogP contribution < -0.4 is 14.8 Å². The summed E-state index contributed by atoms with van der Waals surface area (Å²) < 4.78 is 26.3. The zero-order chi connectivity index (χ0) is 43.5. The van der Waals surface area contributed by atoms with Crippen LogP contribution in [0.2, 0.25) is 0 Å². The molecule has 3 N–H and O–H groups in total. The summed E-state index contributed by atoms with van der Waals surface area (Å²) in [6, 6.07) is 14.4. The number of hydrogen-bond donors (Lipinski definition) is 3. The van der Waals surface area contributed by atoms with Crippen molar-refractivity contribution in [2.75, 3.05) is 33.0 Å². The number of nitrogens with one attached hydrogen (secondary N) is 1. The van der Waals surface area contributed by atoms with Gasteiger partial charge in [0.15, 0.2) is 0 Å². The smallest absolute Gasteiger partial charge is 0.412 e. The number of fused-ring (bicyclic) bond motifs is 2. The number of oxime groups is 1. The van der Waals surface area contributed by atoms with E-state index in [2.05, 4.69) is 18.0 Å². The molecule has 6 unspecified atom stereocenters. The molecular weight excluding hydrogens is 763 g/mol. The molecule has 1 aliphatic heterocycles. The van der Waals surface area contributed by atoms with Crippen molar-refractivity contribution in [3.8, 4) is 11.5 Å². The Balaban J connectivity index is 1.72. The van der Waals surface area contributed by atoms with Gasteiger partial charge in [-0.15, -0.1) is 6.58 Å². The maximum Gasteiger partial charge on any atom is 0.412 e. The van der Waals surface area contributed by atoms with E-state index in [1.165, 1.54) is 0 Å². The number of allylic oxidation sites excluding steroid dienone is 1. The average molecular weight is 832 g/mol. The van der Waals surface area contributed by atoms with Gasteiger partial charge in [0.1, 0.15) is 23.1 Å². The second kappa shape index (κ2) is 20.9. The summed E-state index contributed by atoms with van der Waals surface area (Å²) in [4.78, 5) is 35.6. The van der Waals surface area contributed by atoms with E-state index in [9.17, 15) is 19.8 Å². The predicted molar refractivity (Wildman–Crippen MR) is 233 cm³/mol. The molecule has 5 rings (SSSR count). The SMILES string of the molecule is C=CCOC12Oc3ccc(OC(=O)NCc4ccccc4)cc3C3C(CCCCO)C(CCCCO)C=C(C(=NOC(C)(C)C)CC1N(CCC)C(=O)OCC(C)(C)C)C32. The molecule has 2 aromatic rings. The van der Waals surface area contributed by atoms with Gasteiger partial charge in [-0.3, -0.25) is 4.90 Å². The third-order valence-corrected chi connectivity index (χ3v) is 11.3. The number of rotatable bonds is 19. The largest absolute Gasteiger partial charge is 0.459 e. The van der Waals surface area contributed by atoms with E-state index >= 15 is 0 Å². The minimum absolute atomic E-state index is 0.0107. The molecule has 12 heteroatoms. The molecule has 3 aliphatic rings. The lowest BCUT2D eigenvalue weighted by molar-refractivity contribution is -0.255. The van der Waals surface area contributed by atoms with Gasteiger partial charge in [-0.25, -0.2) is 9.59 Å². The Kier molecular flexibility index (Phi) is 16.3. The van der Waals surface area contributed by atoms with Gasteiger partial charge in [0.25, 0.3) is 0 Å². The first-order chi connectivity index (χ1) is 28.6. The molecule has 1 saturated carbocycles. The number of aliphatic hydroxyl groups is 2. The summed E-state index contributed by atoms with van der Waals surface area (Å²) in [5.41, 5.74) is 2.56. The van der Waals surface area contributed by atoms with Gasteiger partial charge in [-0.1, -0.05) is 88.2 Å². The number of carbonyl (C=O) groups is 2. The molecule has 0 spiro atoms. The normalized spacial score (nSPS) is 24.0. The van der Waals surface area contributed by atoms with Crippen molar-refractivity contribution in [1.82, 2.24) is 10.2 Å². The summed E-state index contributed by atoms with van der Waals surface area (Å²) in [6.45, 7) is 19.2. The van der Waals surface area contributed by atoms with Crippen LogP contribution in [-0.4, -0.2) is 83.4 Å². The lowest BCUT2D eigenvalue weighted by Gasteiger charge is -2.60. The second-order valence-electron chi connectivity index (χ2n) is 18.5. The first kappa shape index (κ1) is 46.7. The van der Waals surface area contributed by atoms with E-state index in [0.717, 1.165) is 42.4 Å². The minimum atomic E-state index is -1.42. The predicted octanol–water partition coefficient (Wildman–Crippen LogP) is 9.30. The van der Waals surface area contributed by atoms with Crippen LogP contribution in [0.15, 0.2) is 78.0 Å². The fraction of sp³-hybridized carbons (Fsp3) is 0.604. The van der Waals surface area contributed by atoms with E-state index < -0.39 is 35.5 Å². The molecule has 330 valence electrons. The summed E-state index contributed by atoms with van der Waals surface area (Å²) in [6.07, 6.45) is 8.35. The van der Waals surface area contributed by atoms with Gasteiger partial charge in [-0.2, -0.15) is 0 Å². The third-order valence-electron chi connectivity index (χ3n) is 11.3. The van der Waals surface area contributed by atoms with Crippen molar-refractivity contribution < 1.29 is 43.6 Å². The molecule has 12 nitrogen and oxygen atoms in total. The Morgan fingerprint density at radius 3 is 2.38 bits per heavy atom. The first-order valence-corrected chi connectivity index (χ1v) is 21.8. The Hall–Kier alpha value is -4.39. The highest BCUT2D eigenvalue weighted by molar-refractivity contribution is 6.03. The highest BCUT2D eigenvalue weighted by Gasteiger charge is 2.65. The van der Waals surface area contributed by atoms with Crippen molar-refractivity contribution in [2.24, 2.45) is 28.3 Å². The summed E-state index contributed by atoms with van der Waals surface area (Å²) >= 11 is 0. The molecule has 2 amide bonds. The third kappa shape index (κ3) is 11.7. The number of ether oxygens (including phenoxy) is 4. The van der Waals surface area contributed by atoms with E-state index in [4.69, 9.17) is 28.9 Å². The van der Waals surface area contributed by atoms with E-state index in [0.29, 0.717) is 49.6 Å². The quantitative estimate of drug-likeness (QED) is 0.0716. The van der Waals surface area contributed by atoms with Crippen molar-refractivity contribution in [3.63, 3.8) is 0 Å². The average Bonchev–Trinajstić information content (AvgIpc) is 3.21. The minimum Gasteiger partial charge on any atom is -0.459 e. The fourth-order valence-corrected chi connectivity index (χ4v) is 8.79. The number of aliphatic hydroxyl groups excluding tert-OH is 2. The van der Waals surface area contributed by atoms with Crippen LogP contribution in [0, 0.1) is 23.2 Å². The van der Waals surface area contributed by atoms with Gasteiger partial charge in [-0.05, 0) is 99.5 Å². The van der Waals surface area contributed by atoms with Gasteiger partial charge >= 0.3 is 12.2 Å². The number of carbonyl (C=O) groups excluding carboxylic acids is 2. The molecule has 0 aromatic heterocycles. The van der Waals surface area contributed by atoms with Crippen LogP contribution in [0.25, 0.3) is 0 Å². The van der Waals surface area contributed by atoms with Crippen molar-refractivity contribution in [3.05, 3.63) is 84.0 Å². The lowest BCUT2D eigenvalue weighted by Crippen LogP contribution is -2.70. The number of hydrogen-bond acceptors (Lipinski definition) is 10. The van der Waals surface area contributed by atoms with Crippen LogP contribution in [-0.2, 0) is 20.9 Å². The zero-order valence-corrected chi connectivity index (χ0v) is 36.9. The molecule has 6 atom stereocenters. The van der Waals surface area contributed by atoms with Crippen molar-refractivity contribution in [2.45, 2.75) is 130 Å². The van der Waals surface area contributed by atoms with Crippen LogP contribution in [0.3, 0.4) is 0 Å². The first-order valence-electron chi connectivity index (χ1n) is 21.8. The molecule has 0 bridgehead atoms. The molecule has 0 radical (unpaired) electrons. The molecule has 1 fully saturated rings. The molecular formula is C48H69N3O9. The summed E-state index contributed by atoms with van der Waals surface area (Å²) in [5, 5.41) is 27.6. The van der Waals surface area contributed by atoms with Gasteiger partial charge in [0.2, 0.25) is 5.79 Å². The van der Waals surface area contributed by atoms with E-state index in [-0.39, 0.29) is 56.0 Å². The maximum atomic E-state index is 14.4. The fourth-order valence-electron chi connectivity index (χ4n) is 8.79. The molecule has 60 heavy (non-hydrogen) atoms. The topological polar surface area (TPSA) is 148 Å². The number of nitrogens with zero attached hydrogens (tertiary/aromatic N) is 2. The van der Waals surface area contributed by atoms with E-state index in [1.54, 1.807) is 17.0 Å². The molecule has 2 aromatic carbocycles. The van der Waals surface area contributed by atoms with Crippen LogP contribution in [0.1, 0.15) is 117 Å². The zero-order valence-electron chi connectivity index (χ0n) is 36.9. The standard InChI is InChI=1S/C48H69N3O9/c1-9-24-51(45(55)56-32-46(3,4)5)41-30-39(50-60-47(6,7)8)37-28-34(20-14-16-25-52)36(21-15-17-26-53)42-38-29-35(58-44(54)49-31-33-18-12-11-13-19-33)22-23-40(38)59-48(41,43(37)42)57-27-10-2/h10-13,18-19,22-23,28-29,34,36,41-43,52-53H,2,9,14-17,20-21,24-27,30-32H2,1,3-8H3,(H,49,54). The summed E-state index contributed by atoms with van der Waals surface area (Å²) in [7, 11) is 0. The van der Waals surface area contributed by atoms with Gasteiger partial charge < -0.3 is 39.3 Å². The lowest BCUT2D eigenvalue weighted by atomic mass is 9.55. The number of unbranched alkanes of at least 4 members (excludes halogenated alkanes) is 2. The van der Waals surface area contributed by atoms with Crippen molar-refractivity contribution >= 4 is 17.9 Å². The highest BCUT2D eigenvalue weighted by atomic mass is 16.7. The van der Waals surface area contributed by atoms with Crippen LogP contribution >= 0.6 is 0 Å². The number of benzene rings is 2. The van der Waals surface area contributed by atoms with Crippen LogP contribution in [0.5, 0.6) is 11.5 Å². The monoisotopic (exact) mass is 832 g/mol. The van der Waals surface area contributed by atoms with E-state index in [1.807, 2.05) is 90.9 Å². The molecule has 0 saturated heterocycles. The van der Waals surface area contributed by atoms with Crippen molar-refractivity contribution in [1.29, 1.82) is 0 Å². The molecule has 2 aliphatic carbocycles. The Bertz CT molecular complexity index is 1800. The van der Waals surface area contributed by atoms with Gasteiger partial charge in [0, 0.05) is 44.2 Å². The maximum absolute atomic E-state index is 14.4. The van der Waals surface area contributed by atoms with Gasteiger partial charge in [0.05, 0.1) is 24.8 Å². The Morgan fingerprint density at radius 2 is 1.73 bits per heavy atom. The second-order valence-corrected chi connectivity index (χ2v) is 18.5. The number of amides is 2. The Morgan fingerprint density at radius 1 is 1.02 bits per heavy atom. The van der Waals surface area contributed by atoms with Crippen LogP contribution in [0.4, 0.5) is 9.59 Å².